The minimum atomic E-state index is -0.483. The van der Waals surface area contributed by atoms with E-state index in [1.165, 1.54) is 42.7 Å². The van der Waals surface area contributed by atoms with Crippen molar-refractivity contribution in [3.05, 3.63) is 62.0 Å². The van der Waals surface area contributed by atoms with E-state index in [0.717, 1.165) is 36.1 Å². The number of benzene rings is 1. The lowest BCUT2D eigenvalue weighted by molar-refractivity contribution is -0.384. The molecule has 32 heavy (non-hydrogen) atoms. The highest BCUT2D eigenvalue weighted by atomic mass is 32.1. The second-order valence-corrected chi connectivity index (χ2v) is 9.76. The molecule has 1 heterocycles. The number of nitrogens with one attached hydrogen (secondary N) is 1. The number of carbonyl (C=O) groups excluding carboxylic acids is 2. The van der Waals surface area contributed by atoms with Gasteiger partial charge >= 0.3 is 5.97 Å². The molecule has 0 saturated heterocycles. The SMILES string of the molecule is CCC(C)(C)[C@H]1CCc2c(sc(NC(=O)/C=C\c3cccc([N+](=O)[O-])c3)c2C(=O)OC)C1. The van der Waals surface area contributed by atoms with Crippen molar-refractivity contribution >= 4 is 40.0 Å². The van der Waals surface area contributed by atoms with Gasteiger partial charge in [0.25, 0.3) is 5.69 Å². The molecular weight excluding hydrogens is 428 g/mol. The van der Waals surface area contributed by atoms with E-state index < -0.39 is 16.8 Å². The molecule has 2 aromatic rings. The Morgan fingerprint density at radius 2 is 2.12 bits per heavy atom. The van der Waals surface area contributed by atoms with Gasteiger partial charge in [0, 0.05) is 23.1 Å². The van der Waals surface area contributed by atoms with Gasteiger partial charge in [-0.25, -0.2) is 4.79 Å². The van der Waals surface area contributed by atoms with E-state index >= 15 is 0 Å². The fourth-order valence-corrected chi connectivity index (χ4v) is 5.33. The predicted molar refractivity (Wildman–Crippen MR) is 126 cm³/mol. The van der Waals surface area contributed by atoms with Crippen LogP contribution in [0.3, 0.4) is 0 Å². The molecule has 8 heteroatoms. The molecule has 1 atom stereocenters. The van der Waals surface area contributed by atoms with E-state index in [4.69, 9.17) is 4.74 Å². The van der Waals surface area contributed by atoms with Gasteiger partial charge < -0.3 is 10.1 Å². The molecule has 0 unspecified atom stereocenters. The van der Waals surface area contributed by atoms with E-state index in [1.54, 1.807) is 12.1 Å². The maximum Gasteiger partial charge on any atom is 0.341 e. The van der Waals surface area contributed by atoms with Gasteiger partial charge in [0.15, 0.2) is 0 Å². The quantitative estimate of drug-likeness (QED) is 0.252. The highest BCUT2D eigenvalue weighted by Crippen LogP contribution is 2.45. The molecule has 0 spiro atoms. The number of hydrogen-bond acceptors (Lipinski definition) is 6. The van der Waals surface area contributed by atoms with Crippen molar-refractivity contribution in [1.29, 1.82) is 0 Å². The molecule has 1 N–H and O–H groups in total. The third-order valence-electron chi connectivity index (χ3n) is 6.42. The maximum atomic E-state index is 12.6. The topological polar surface area (TPSA) is 98.5 Å². The standard InChI is InChI=1S/C24H28N2O5S/c1-5-24(2,3)16-10-11-18-19(14-16)32-22(21(18)23(28)31-4)25-20(27)12-9-15-7-6-8-17(13-15)26(29)30/h6-9,12-13,16H,5,10-11,14H2,1-4H3,(H,25,27)/b12-9-/t16-/m0/s1. The number of carbonyl (C=O) groups is 2. The number of esters is 1. The molecular formula is C24H28N2O5S. The van der Waals surface area contributed by atoms with Crippen molar-refractivity contribution in [3.63, 3.8) is 0 Å². The second-order valence-electron chi connectivity index (χ2n) is 8.66. The molecule has 1 aromatic heterocycles. The van der Waals surface area contributed by atoms with Crippen LogP contribution in [0, 0.1) is 21.4 Å². The van der Waals surface area contributed by atoms with E-state index in [0.29, 0.717) is 22.0 Å². The number of anilines is 1. The summed E-state index contributed by atoms with van der Waals surface area (Å²) >= 11 is 1.44. The Balaban J connectivity index is 1.83. The Morgan fingerprint density at radius 1 is 1.38 bits per heavy atom. The van der Waals surface area contributed by atoms with Crippen LogP contribution in [0.4, 0.5) is 10.7 Å². The summed E-state index contributed by atoms with van der Waals surface area (Å²) in [6.45, 7) is 6.75. The fraction of sp³-hybridized carbons (Fsp3) is 0.417. The molecule has 1 amide bonds. The molecule has 0 saturated carbocycles. The number of nitrogens with zero attached hydrogens (tertiary/aromatic N) is 1. The first-order chi connectivity index (χ1) is 15.2. The summed E-state index contributed by atoms with van der Waals surface area (Å²) in [4.78, 5) is 36.7. The Hall–Kier alpha value is -3.00. The smallest absolute Gasteiger partial charge is 0.341 e. The number of ether oxygens (including phenoxy) is 1. The molecule has 3 rings (SSSR count). The predicted octanol–water partition coefficient (Wildman–Crippen LogP) is 5.64. The first-order valence-corrected chi connectivity index (χ1v) is 11.4. The lowest BCUT2D eigenvalue weighted by Gasteiger charge is -2.36. The molecule has 0 aliphatic heterocycles. The number of thiophene rings is 1. The monoisotopic (exact) mass is 456 g/mol. The van der Waals surface area contributed by atoms with Crippen molar-refractivity contribution in [3.8, 4) is 0 Å². The lowest BCUT2D eigenvalue weighted by Crippen LogP contribution is -2.28. The fourth-order valence-electron chi connectivity index (χ4n) is 4.02. The van der Waals surface area contributed by atoms with Crippen LogP contribution in [0.5, 0.6) is 0 Å². The van der Waals surface area contributed by atoms with Gasteiger partial charge in [-0.15, -0.1) is 11.3 Å². The van der Waals surface area contributed by atoms with E-state index in [2.05, 4.69) is 26.1 Å². The van der Waals surface area contributed by atoms with Gasteiger partial charge in [-0.05, 0) is 47.8 Å². The third kappa shape index (κ3) is 5.07. The molecule has 1 aliphatic rings. The summed E-state index contributed by atoms with van der Waals surface area (Å²) in [6.07, 6.45) is 6.55. The number of fused-ring (bicyclic) bond motifs is 1. The Bertz CT molecular complexity index is 1070. The number of amides is 1. The minimum absolute atomic E-state index is 0.0453. The average molecular weight is 457 g/mol. The normalized spacial score (nSPS) is 15.9. The Labute approximate surface area is 191 Å². The summed E-state index contributed by atoms with van der Waals surface area (Å²) in [5.41, 5.74) is 2.12. The third-order valence-corrected chi connectivity index (χ3v) is 7.59. The van der Waals surface area contributed by atoms with Gasteiger partial charge in [0.1, 0.15) is 5.00 Å². The highest BCUT2D eigenvalue weighted by Gasteiger charge is 2.35. The summed E-state index contributed by atoms with van der Waals surface area (Å²) in [6, 6.07) is 6.02. The zero-order valence-electron chi connectivity index (χ0n) is 18.8. The zero-order valence-corrected chi connectivity index (χ0v) is 19.6. The lowest BCUT2D eigenvalue weighted by atomic mass is 9.69. The van der Waals surface area contributed by atoms with E-state index in [9.17, 15) is 19.7 Å². The van der Waals surface area contributed by atoms with Crippen molar-refractivity contribution in [1.82, 2.24) is 0 Å². The van der Waals surface area contributed by atoms with Crippen LogP contribution in [-0.4, -0.2) is 23.9 Å². The number of nitro groups is 1. The second kappa shape index (κ2) is 9.65. The summed E-state index contributed by atoms with van der Waals surface area (Å²) in [7, 11) is 1.34. The summed E-state index contributed by atoms with van der Waals surface area (Å²) in [5.74, 6) is -0.346. The summed E-state index contributed by atoms with van der Waals surface area (Å²) < 4.78 is 5.00. The van der Waals surface area contributed by atoms with Crippen LogP contribution < -0.4 is 5.32 Å². The molecule has 170 valence electrons. The van der Waals surface area contributed by atoms with Crippen LogP contribution in [0.25, 0.3) is 6.08 Å². The number of hydrogen-bond donors (Lipinski definition) is 1. The van der Waals surface area contributed by atoms with Crippen LogP contribution in [0.15, 0.2) is 30.3 Å². The van der Waals surface area contributed by atoms with Crippen molar-refractivity contribution in [2.75, 3.05) is 12.4 Å². The van der Waals surface area contributed by atoms with Crippen molar-refractivity contribution in [2.45, 2.75) is 46.5 Å². The largest absolute Gasteiger partial charge is 0.465 e. The Morgan fingerprint density at radius 3 is 2.78 bits per heavy atom. The van der Waals surface area contributed by atoms with E-state index in [-0.39, 0.29) is 11.1 Å². The maximum absolute atomic E-state index is 12.6. The molecule has 7 nitrogen and oxygen atoms in total. The average Bonchev–Trinajstić information content (AvgIpc) is 3.14. The van der Waals surface area contributed by atoms with Gasteiger partial charge in [0.2, 0.25) is 5.91 Å². The van der Waals surface area contributed by atoms with Crippen LogP contribution in [0.1, 0.15) is 60.0 Å². The van der Waals surface area contributed by atoms with Crippen molar-refractivity contribution < 1.29 is 19.2 Å². The van der Waals surface area contributed by atoms with Gasteiger partial charge in [-0.3, -0.25) is 14.9 Å². The van der Waals surface area contributed by atoms with Gasteiger partial charge in [0.05, 0.1) is 17.6 Å². The number of non-ortho nitro benzene ring substituents is 1. The molecule has 1 aliphatic carbocycles. The van der Waals surface area contributed by atoms with Crippen molar-refractivity contribution in [2.24, 2.45) is 11.3 Å². The molecule has 1 aromatic carbocycles. The Kier molecular flexibility index (Phi) is 7.13. The number of methoxy groups -OCH3 is 1. The zero-order chi connectivity index (χ0) is 23.5. The van der Waals surface area contributed by atoms with Crippen LogP contribution in [0.2, 0.25) is 0 Å². The van der Waals surface area contributed by atoms with E-state index in [1.807, 2.05) is 0 Å². The highest BCUT2D eigenvalue weighted by molar-refractivity contribution is 7.17. The van der Waals surface area contributed by atoms with Gasteiger partial charge in [-0.2, -0.15) is 0 Å². The van der Waals surface area contributed by atoms with Gasteiger partial charge in [-0.1, -0.05) is 39.3 Å². The molecule has 0 fully saturated rings. The summed E-state index contributed by atoms with van der Waals surface area (Å²) in [5, 5.41) is 14.2. The van der Waals surface area contributed by atoms with Crippen LogP contribution in [-0.2, 0) is 22.4 Å². The minimum Gasteiger partial charge on any atom is -0.465 e. The number of nitro benzene ring substituents is 1. The van der Waals surface area contributed by atoms with Crippen LogP contribution >= 0.6 is 11.3 Å². The molecule has 0 bridgehead atoms. The molecule has 0 radical (unpaired) electrons. The first kappa shape index (κ1) is 23.7. The first-order valence-electron chi connectivity index (χ1n) is 10.6. The number of rotatable bonds is 7.